The van der Waals surface area contributed by atoms with E-state index in [1.807, 2.05) is 37.3 Å². The van der Waals surface area contributed by atoms with Crippen LogP contribution in [0.3, 0.4) is 0 Å². The first-order valence-corrected chi connectivity index (χ1v) is 6.73. The molecule has 1 amide bonds. The van der Waals surface area contributed by atoms with Crippen LogP contribution in [0.25, 0.3) is 0 Å². The fourth-order valence-corrected chi connectivity index (χ4v) is 1.88. The maximum Gasteiger partial charge on any atom is 0.271 e. The number of methoxy groups -OCH3 is 1. The number of ether oxygens (including phenoxy) is 1. The number of nitrogens with zero attached hydrogens (tertiary/aromatic N) is 1. The Labute approximate surface area is 124 Å². The lowest BCUT2D eigenvalue weighted by Gasteiger charge is -2.06. The minimum Gasteiger partial charge on any atom is -0.497 e. The number of hydrogen-bond donors (Lipinski definition) is 1. The summed E-state index contributed by atoms with van der Waals surface area (Å²) in [6.07, 6.45) is 1.72. The van der Waals surface area contributed by atoms with Gasteiger partial charge < -0.3 is 4.74 Å². The van der Waals surface area contributed by atoms with Crippen LogP contribution in [-0.2, 0) is 0 Å². The van der Waals surface area contributed by atoms with E-state index in [4.69, 9.17) is 4.74 Å². The third kappa shape index (κ3) is 4.18. The molecule has 0 unspecified atom stereocenters. The molecule has 108 valence electrons. The highest BCUT2D eigenvalue weighted by atomic mass is 16.5. The molecule has 2 aromatic rings. The van der Waals surface area contributed by atoms with Crippen LogP contribution in [-0.4, -0.2) is 19.2 Å². The standard InChI is InChI=1S/C17H18N2O2/c1-13(14-7-4-3-5-8-14)12-18-19-17(20)15-9-6-10-16(11-15)21-2/h3-13H,1-2H3,(H,19,20)/b18-12-/t13-/m0/s1. The topological polar surface area (TPSA) is 50.7 Å². The maximum atomic E-state index is 12.0. The van der Waals surface area contributed by atoms with Crippen LogP contribution in [0.4, 0.5) is 0 Å². The number of hydrogen-bond acceptors (Lipinski definition) is 3. The third-order valence-corrected chi connectivity index (χ3v) is 3.12. The quantitative estimate of drug-likeness (QED) is 0.676. The molecule has 2 rings (SSSR count). The second kappa shape index (κ2) is 7.24. The Bertz CT molecular complexity index is 624. The molecule has 2 aromatic carbocycles. The van der Waals surface area contributed by atoms with Gasteiger partial charge in [-0.05, 0) is 23.8 Å². The van der Waals surface area contributed by atoms with Gasteiger partial charge in [-0.3, -0.25) is 4.79 Å². The summed E-state index contributed by atoms with van der Waals surface area (Å²) in [5.74, 6) is 0.520. The van der Waals surface area contributed by atoms with Crippen molar-refractivity contribution in [3.8, 4) is 5.75 Å². The second-order valence-corrected chi connectivity index (χ2v) is 4.65. The van der Waals surface area contributed by atoms with Crippen molar-refractivity contribution >= 4 is 12.1 Å². The Hall–Kier alpha value is -2.62. The summed E-state index contributed by atoms with van der Waals surface area (Å²) in [5, 5.41) is 4.01. The van der Waals surface area contributed by atoms with Crippen molar-refractivity contribution in [3.63, 3.8) is 0 Å². The molecule has 0 radical (unpaired) electrons. The van der Waals surface area contributed by atoms with Crippen LogP contribution in [0.15, 0.2) is 59.7 Å². The highest BCUT2D eigenvalue weighted by Crippen LogP contribution is 2.13. The minimum absolute atomic E-state index is 0.136. The molecule has 0 saturated carbocycles. The SMILES string of the molecule is COc1cccc(C(=O)N/N=C\[C@H](C)c2ccccc2)c1. The summed E-state index contributed by atoms with van der Waals surface area (Å²) in [5.41, 5.74) is 4.19. The van der Waals surface area contributed by atoms with Gasteiger partial charge in [0.05, 0.1) is 7.11 Å². The Kier molecular flexibility index (Phi) is 5.10. The molecule has 0 aliphatic heterocycles. The van der Waals surface area contributed by atoms with E-state index < -0.39 is 0 Å². The lowest BCUT2D eigenvalue weighted by Crippen LogP contribution is -2.18. The number of nitrogens with one attached hydrogen (secondary N) is 1. The first-order chi connectivity index (χ1) is 10.2. The number of hydrazone groups is 1. The number of amides is 1. The molecular weight excluding hydrogens is 264 g/mol. The number of rotatable bonds is 5. The van der Waals surface area contributed by atoms with Crippen molar-refractivity contribution in [2.45, 2.75) is 12.8 Å². The van der Waals surface area contributed by atoms with Gasteiger partial charge in [-0.2, -0.15) is 5.10 Å². The van der Waals surface area contributed by atoms with Crippen molar-refractivity contribution in [2.24, 2.45) is 5.10 Å². The molecule has 0 aliphatic carbocycles. The van der Waals surface area contributed by atoms with E-state index in [-0.39, 0.29) is 11.8 Å². The van der Waals surface area contributed by atoms with Gasteiger partial charge in [0.25, 0.3) is 5.91 Å². The summed E-state index contributed by atoms with van der Waals surface area (Å²) in [7, 11) is 1.57. The first kappa shape index (κ1) is 14.8. The molecule has 0 heterocycles. The lowest BCUT2D eigenvalue weighted by molar-refractivity contribution is 0.0954. The van der Waals surface area contributed by atoms with Crippen molar-refractivity contribution in [1.82, 2.24) is 5.43 Å². The second-order valence-electron chi connectivity index (χ2n) is 4.65. The average molecular weight is 282 g/mol. The van der Waals surface area contributed by atoms with Gasteiger partial charge in [-0.25, -0.2) is 5.43 Å². The van der Waals surface area contributed by atoms with Crippen molar-refractivity contribution < 1.29 is 9.53 Å². The molecule has 1 atom stereocenters. The molecule has 1 N–H and O–H groups in total. The molecular formula is C17H18N2O2. The van der Waals surface area contributed by atoms with Crippen molar-refractivity contribution in [1.29, 1.82) is 0 Å². The Balaban J connectivity index is 1.95. The zero-order valence-electron chi connectivity index (χ0n) is 12.1. The first-order valence-electron chi connectivity index (χ1n) is 6.73. The van der Waals surface area contributed by atoms with Crippen LogP contribution in [0.5, 0.6) is 5.75 Å². The highest BCUT2D eigenvalue weighted by Gasteiger charge is 2.06. The van der Waals surface area contributed by atoms with E-state index in [1.54, 1.807) is 37.6 Å². The van der Waals surface area contributed by atoms with Gasteiger partial charge in [-0.1, -0.05) is 43.3 Å². The maximum absolute atomic E-state index is 12.0. The number of benzene rings is 2. The zero-order valence-corrected chi connectivity index (χ0v) is 12.1. The van der Waals surface area contributed by atoms with Crippen LogP contribution in [0, 0.1) is 0 Å². The number of carbonyl (C=O) groups is 1. The fraction of sp³-hybridized carbons (Fsp3) is 0.176. The molecule has 0 aromatic heterocycles. The van der Waals surface area contributed by atoms with Gasteiger partial charge in [0.1, 0.15) is 5.75 Å². The van der Waals surface area contributed by atoms with Crippen LogP contribution in [0.2, 0.25) is 0 Å². The molecule has 0 spiro atoms. The van der Waals surface area contributed by atoms with Gasteiger partial charge in [0.15, 0.2) is 0 Å². The summed E-state index contributed by atoms with van der Waals surface area (Å²) < 4.78 is 5.09. The van der Waals surface area contributed by atoms with Gasteiger partial charge >= 0.3 is 0 Å². The normalized spacial score (nSPS) is 12.1. The monoisotopic (exact) mass is 282 g/mol. The molecule has 0 aliphatic rings. The van der Waals surface area contributed by atoms with E-state index in [0.29, 0.717) is 11.3 Å². The fourth-order valence-electron chi connectivity index (χ4n) is 1.88. The van der Waals surface area contributed by atoms with Crippen molar-refractivity contribution in [2.75, 3.05) is 7.11 Å². The van der Waals surface area contributed by atoms with Crippen LogP contribution in [0.1, 0.15) is 28.8 Å². The molecule has 0 saturated heterocycles. The van der Waals surface area contributed by atoms with Crippen LogP contribution >= 0.6 is 0 Å². The van der Waals surface area contributed by atoms with Gasteiger partial charge in [0.2, 0.25) is 0 Å². The molecule has 4 heteroatoms. The molecule has 4 nitrogen and oxygen atoms in total. The summed E-state index contributed by atoms with van der Waals surface area (Å²) in [4.78, 5) is 12.0. The Morgan fingerprint density at radius 2 is 1.95 bits per heavy atom. The van der Waals surface area contributed by atoms with E-state index in [2.05, 4.69) is 10.5 Å². The smallest absolute Gasteiger partial charge is 0.271 e. The summed E-state index contributed by atoms with van der Waals surface area (Å²) in [6.45, 7) is 2.02. The highest BCUT2D eigenvalue weighted by molar-refractivity contribution is 5.94. The lowest BCUT2D eigenvalue weighted by atomic mass is 10.0. The van der Waals surface area contributed by atoms with Crippen molar-refractivity contribution in [3.05, 3.63) is 65.7 Å². The van der Waals surface area contributed by atoms with Gasteiger partial charge in [0, 0.05) is 17.7 Å². The van der Waals surface area contributed by atoms with E-state index in [9.17, 15) is 4.79 Å². The van der Waals surface area contributed by atoms with E-state index in [0.717, 1.165) is 5.56 Å². The largest absolute Gasteiger partial charge is 0.497 e. The zero-order chi connectivity index (χ0) is 15.1. The Morgan fingerprint density at radius 1 is 1.19 bits per heavy atom. The predicted molar refractivity (Wildman–Crippen MR) is 83.8 cm³/mol. The molecule has 0 bridgehead atoms. The molecule has 21 heavy (non-hydrogen) atoms. The average Bonchev–Trinajstić information content (AvgIpc) is 2.55. The van der Waals surface area contributed by atoms with Gasteiger partial charge in [-0.15, -0.1) is 0 Å². The van der Waals surface area contributed by atoms with E-state index in [1.165, 1.54) is 0 Å². The van der Waals surface area contributed by atoms with Crippen LogP contribution < -0.4 is 10.2 Å². The predicted octanol–water partition coefficient (Wildman–Crippen LogP) is 3.21. The summed E-state index contributed by atoms with van der Waals surface area (Å²) >= 11 is 0. The number of carbonyl (C=O) groups excluding carboxylic acids is 1. The Morgan fingerprint density at radius 3 is 2.67 bits per heavy atom. The van der Waals surface area contributed by atoms with E-state index >= 15 is 0 Å². The minimum atomic E-state index is -0.259. The molecule has 0 fully saturated rings. The third-order valence-electron chi connectivity index (χ3n) is 3.12. The summed E-state index contributed by atoms with van der Waals surface area (Å²) in [6, 6.07) is 16.9.